The van der Waals surface area contributed by atoms with E-state index in [0.717, 1.165) is 0 Å². The van der Waals surface area contributed by atoms with Crippen LogP contribution < -0.4 is 0 Å². The number of hydrogen-bond acceptors (Lipinski definition) is 5. The van der Waals surface area contributed by atoms with E-state index in [9.17, 15) is 18.3 Å². The fraction of sp³-hybridized carbons (Fsp3) is 0.462. The van der Waals surface area contributed by atoms with Crippen molar-refractivity contribution < 1.29 is 27.6 Å². The van der Waals surface area contributed by atoms with Crippen LogP contribution >= 0.6 is 0 Å². The van der Waals surface area contributed by atoms with Crippen molar-refractivity contribution in [3.63, 3.8) is 0 Å². The summed E-state index contributed by atoms with van der Waals surface area (Å²) < 4.78 is 28.2. The number of benzene rings is 1. The van der Waals surface area contributed by atoms with E-state index in [1.165, 1.54) is 0 Å². The highest BCUT2D eigenvalue weighted by atomic mass is 32.2. The van der Waals surface area contributed by atoms with Crippen molar-refractivity contribution >= 4 is 16.1 Å². The Morgan fingerprint density at radius 3 is 2.55 bits per heavy atom. The van der Waals surface area contributed by atoms with E-state index in [1.807, 2.05) is 0 Å². The molecule has 7 heteroatoms. The molecule has 0 bridgehead atoms. The molecule has 3 atom stereocenters. The SMILES string of the molecule is O=C(O)[C@@H]1C[C@H]1[C@H](O)COS(=O)(=O)Cc1ccccc1. The molecule has 20 heavy (non-hydrogen) atoms. The molecule has 0 amide bonds. The third-order valence-corrected chi connectivity index (χ3v) is 4.44. The number of carbonyl (C=O) groups is 1. The monoisotopic (exact) mass is 300 g/mol. The second-order valence-corrected chi connectivity index (χ2v) is 6.52. The molecule has 0 aromatic heterocycles. The predicted octanol–water partition coefficient (Wildman–Crippen LogP) is 0.615. The summed E-state index contributed by atoms with van der Waals surface area (Å²) in [4.78, 5) is 10.6. The van der Waals surface area contributed by atoms with Gasteiger partial charge in [-0.2, -0.15) is 8.42 Å². The third-order valence-electron chi connectivity index (χ3n) is 3.26. The zero-order valence-corrected chi connectivity index (χ0v) is 11.5. The van der Waals surface area contributed by atoms with Gasteiger partial charge in [-0.25, -0.2) is 0 Å². The number of carboxylic acid groups (broad SMARTS) is 1. The highest BCUT2D eigenvalue weighted by molar-refractivity contribution is 7.85. The molecule has 6 nitrogen and oxygen atoms in total. The van der Waals surface area contributed by atoms with Crippen LogP contribution in [-0.4, -0.2) is 37.3 Å². The van der Waals surface area contributed by atoms with E-state index in [2.05, 4.69) is 0 Å². The number of aliphatic hydroxyl groups is 1. The van der Waals surface area contributed by atoms with Crippen molar-refractivity contribution in [2.45, 2.75) is 18.3 Å². The van der Waals surface area contributed by atoms with Gasteiger partial charge in [0.1, 0.15) is 5.75 Å². The first kappa shape index (κ1) is 15.0. The maximum atomic E-state index is 11.7. The zero-order valence-electron chi connectivity index (χ0n) is 10.7. The second kappa shape index (κ2) is 5.90. The third kappa shape index (κ3) is 4.03. The lowest BCUT2D eigenvalue weighted by molar-refractivity contribution is -0.139. The van der Waals surface area contributed by atoms with E-state index >= 15 is 0 Å². The Kier molecular flexibility index (Phi) is 4.42. The highest BCUT2D eigenvalue weighted by Gasteiger charge is 2.47. The van der Waals surface area contributed by atoms with Gasteiger partial charge in [-0.1, -0.05) is 30.3 Å². The van der Waals surface area contributed by atoms with Crippen LogP contribution in [0.5, 0.6) is 0 Å². The van der Waals surface area contributed by atoms with Gasteiger partial charge in [0, 0.05) is 5.92 Å². The van der Waals surface area contributed by atoms with Crippen molar-refractivity contribution in [2.75, 3.05) is 6.61 Å². The van der Waals surface area contributed by atoms with Gasteiger partial charge in [0.05, 0.1) is 18.6 Å². The lowest BCUT2D eigenvalue weighted by atomic mass is 10.2. The molecule has 0 aliphatic heterocycles. The molecule has 0 heterocycles. The number of carboxylic acids is 1. The first-order chi connectivity index (χ1) is 9.39. The number of aliphatic hydroxyl groups excluding tert-OH is 1. The molecule has 1 saturated carbocycles. The minimum absolute atomic E-state index is 0.270. The van der Waals surface area contributed by atoms with Gasteiger partial charge in [-0.05, 0) is 12.0 Å². The lowest BCUT2D eigenvalue weighted by Gasteiger charge is -2.10. The molecular formula is C13H16O6S. The zero-order chi connectivity index (χ0) is 14.8. The number of rotatable bonds is 7. The fourth-order valence-corrected chi connectivity index (χ4v) is 3.07. The van der Waals surface area contributed by atoms with Gasteiger partial charge in [0.25, 0.3) is 10.1 Å². The van der Waals surface area contributed by atoms with Gasteiger partial charge in [0.2, 0.25) is 0 Å². The number of hydrogen-bond donors (Lipinski definition) is 2. The van der Waals surface area contributed by atoms with E-state index in [1.54, 1.807) is 30.3 Å². The Morgan fingerprint density at radius 1 is 1.35 bits per heavy atom. The van der Waals surface area contributed by atoms with Crippen LogP contribution in [-0.2, 0) is 24.8 Å². The van der Waals surface area contributed by atoms with Crippen molar-refractivity contribution in [2.24, 2.45) is 11.8 Å². The molecule has 2 N–H and O–H groups in total. The summed E-state index contributed by atoms with van der Waals surface area (Å²) in [6, 6.07) is 8.56. The molecule has 1 aromatic rings. The summed E-state index contributed by atoms with van der Waals surface area (Å²) in [5.41, 5.74) is 0.594. The summed E-state index contributed by atoms with van der Waals surface area (Å²) in [5, 5.41) is 18.4. The van der Waals surface area contributed by atoms with E-state index in [4.69, 9.17) is 9.29 Å². The van der Waals surface area contributed by atoms with Crippen molar-refractivity contribution in [3.05, 3.63) is 35.9 Å². The molecule has 0 unspecified atom stereocenters. The van der Waals surface area contributed by atoms with E-state index in [-0.39, 0.29) is 5.75 Å². The largest absolute Gasteiger partial charge is 0.481 e. The topological polar surface area (TPSA) is 101 Å². The molecule has 1 aliphatic rings. The van der Waals surface area contributed by atoms with Gasteiger partial charge < -0.3 is 10.2 Å². The summed E-state index contributed by atoms with van der Waals surface area (Å²) in [7, 11) is -3.78. The molecule has 2 rings (SSSR count). The summed E-state index contributed by atoms with van der Waals surface area (Å²) in [6.45, 7) is -0.399. The normalized spacial score (nSPS) is 23.2. The van der Waals surface area contributed by atoms with Crippen LogP contribution in [0, 0.1) is 11.8 Å². The van der Waals surface area contributed by atoms with Crippen LogP contribution in [0.3, 0.4) is 0 Å². The molecule has 0 saturated heterocycles. The van der Waals surface area contributed by atoms with Gasteiger partial charge in [-0.15, -0.1) is 0 Å². The van der Waals surface area contributed by atoms with E-state index in [0.29, 0.717) is 12.0 Å². The molecule has 1 aliphatic carbocycles. The lowest BCUT2D eigenvalue weighted by Crippen LogP contribution is -2.23. The predicted molar refractivity (Wildman–Crippen MR) is 70.3 cm³/mol. The van der Waals surface area contributed by atoms with Crippen molar-refractivity contribution in [1.82, 2.24) is 0 Å². The smallest absolute Gasteiger partial charge is 0.306 e. The Balaban J connectivity index is 1.83. The average molecular weight is 300 g/mol. The Bertz CT molecular complexity index is 568. The fourth-order valence-electron chi connectivity index (χ4n) is 2.04. The molecule has 0 radical (unpaired) electrons. The first-order valence-electron chi connectivity index (χ1n) is 6.21. The van der Waals surface area contributed by atoms with Gasteiger partial charge in [-0.3, -0.25) is 8.98 Å². The second-order valence-electron chi connectivity index (χ2n) is 4.88. The van der Waals surface area contributed by atoms with Gasteiger partial charge in [0.15, 0.2) is 0 Å². The van der Waals surface area contributed by atoms with E-state index < -0.39 is 40.6 Å². The molecule has 1 fully saturated rings. The van der Waals surface area contributed by atoms with Crippen molar-refractivity contribution in [1.29, 1.82) is 0 Å². The minimum Gasteiger partial charge on any atom is -0.481 e. The first-order valence-corrected chi connectivity index (χ1v) is 7.78. The standard InChI is InChI=1S/C13H16O6S/c14-12(10-6-11(10)13(15)16)7-19-20(17,18)8-9-4-2-1-3-5-9/h1-5,10-12,14H,6-8H2,(H,15,16)/t10-,11-,12-/m1/s1. The molecule has 0 spiro atoms. The van der Waals surface area contributed by atoms with Crippen molar-refractivity contribution in [3.8, 4) is 0 Å². The highest BCUT2D eigenvalue weighted by Crippen LogP contribution is 2.41. The number of aliphatic carboxylic acids is 1. The van der Waals surface area contributed by atoms with Crippen LogP contribution in [0.25, 0.3) is 0 Å². The minimum atomic E-state index is -3.78. The molecule has 1 aromatic carbocycles. The maximum Gasteiger partial charge on any atom is 0.306 e. The summed E-state index contributed by atoms with van der Waals surface area (Å²) in [6.07, 6.45) is -0.708. The molecule has 110 valence electrons. The van der Waals surface area contributed by atoms with Crippen LogP contribution in [0.2, 0.25) is 0 Å². The Labute approximate surface area is 117 Å². The maximum absolute atomic E-state index is 11.7. The summed E-state index contributed by atoms with van der Waals surface area (Å²) >= 11 is 0. The summed E-state index contributed by atoms with van der Waals surface area (Å²) in [5.74, 6) is -2.25. The quantitative estimate of drug-likeness (QED) is 0.716. The van der Waals surface area contributed by atoms with Crippen LogP contribution in [0.1, 0.15) is 12.0 Å². The van der Waals surface area contributed by atoms with Crippen LogP contribution in [0.15, 0.2) is 30.3 Å². The molecular weight excluding hydrogens is 284 g/mol. The van der Waals surface area contributed by atoms with Crippen LogP contribution in [0.4, 0.5) is 0 Å². The average Bonchev–Trinajstić information content (AvgIpc) is 3.17. The van der Waals surface area contributed by atoms with Gasteiger partial charge >= 0.3 is 5.97 Å². The Morgan fingerprint density at radius 2 is 2.00 bits per heavy atom. The Hall–Kier alpha value is -1.44.